The number of aliphatic hydroxyl groups excluding tert-OH is 1. The molecule has 3 fully saturated rings. The van der Waals surface area contributed by atoms with Crippen molar-refractivity contribution in [1.82, 2.24) is 73.2 Å². The molecule has 0 aliphatic carbocycles. The first kappa shape index (κ1) is 87.2. The molecule has 14 N–H and O–H groups in total. The number of carbonyl (C=O) groups excluding carboxylic acids is 15. The number of primary amides is 1. The van der Waals surface area contributed by atoms with Gasteiger partial charge in [-0.25, -0.2) is 0 Å². The summed E-state index contributed by atoms with van der Waals surface area (Å²) in [6.07, 6.45) is 2.52. The van der Waals surface area contributed by atoms with E-state index in [1.54, 1.807) is 41.5 Å². The molecule has 3 aliphatic rings. The molecule has 3 rings (SSSR count). The van der Waals surface area contributed by atoms with E-state index < -0.39 is 177 Å². The summed E-state index contributed by atoms with van der Waals surface area (Å²) < 4.78 is 0. The third-order valence-electron chi connectivity index (χ3n) is 18.9. The number of rotatable bonds is 37. The summed E-state index contributed by atoms with van der Waals surface area (Å²) in [5, 5.41) is 39.8. The van der Waals surface area contributed by atoms with Gasteiger partial charge in [-0.3, -0.25) is 71.9 Å². The first-order chi connectivity index (χ1) is 46.6. The lowest BCUT2D eigenvalue weighted by molar-refractivity contribution is -0.146. The van der Waals surface area contributed by atoms with Gasteiger partial charge in [-0.1, -0.05) is 69.2 Å². The van der Waals surface area contributed by atoms with Crippen LogP contribution in [0.5, 0.6) is 0 Å². The Morgan fingerprint density at radius 3 is 1.20 bits per heavy atom. The lowest BCUT2D eigenvalue weighted by atomic mass is 9.94. The Balaban J connectivity index is 1.70. The minimum absolute atomic E-state index is 0.0494. The van der Waals surface area contributed by atoms with Gasteiger partial charge in [0.05, 0.1) is 12.6 Å². The lowest BCUT2D eigenvalue weighted by Gasteiger charge is -2.37. The van der Waals surface area contributed by atoms with Gasteiger partial charge < -0.3 is 84.0 Å². The van der Waals surface area contributed by atoms with Crippen molar-refractivity contribution in [2.45, 2.75) is 304 Å². The Hall–Kier alpha value is -7.99. The molecule has 31 heteroatoms. The van der Waals surface area contributed by atoms with Crippen LogP contribution in [0.15, 0.2) is 0 Å². The number of hydrogen-bond acceptors (Lipinski definition) is 16. The number of likely N-dealkylation sites (tertiary alicyclic amines) is 3. The van der Waals surface area contributed by atoms with Gasteiger partial charge in [-0.15, -0.1) is 0 Å². The molecule has 0 saturated carbocycles. The molecule has 3 aliphatic heterocycles. The van der Waals surface area contributed by atoms with Crippen molar-refractivity contribution in [1.29, 1.82) is 0 Å². The molecule has 31 nitrogen and oxygen atoms in total. The van der Waals surface area contributed by atoms with Gasteiger partial charge in [0.25, 0.3) is 0 Å². The highest BCUT2D eigenvalue weighted by molar-refractivity contribution is 6.02. The first-order valence-electron chi connectivity index (χ1n) is 35.8. The van der Waals surface area contributed by atoms with Crippen molar-refractivity contribution < 1.29 is 77.0 Å². The number of nitrogens with zero attached hydrogens (tertiary/aromatic N) is 3. The predicted molar refractivity (Wildman–Crippen MR) is 376 cm³/mol. The van der Waals surface area contributed by atoms with E-state index in [1.165, 1.54) is 83.9 Å². The van der Waals surface area contributed by atoms with Crippen molar-refractivity contribution in [3.63, 3.8) is 0 Å². The third kappa shape index (κ3) is 24.6. The molecule has 3 heterocycles. The number of nitrogens with one attached hydrogen (secondary N) is 11. The fourth-order valence-corrected chi connectivity index (χ4v) is 12.7. The molecule has 11 atom stereocenters. The van der Waals surface area contributed by atoms with E-state index in [1.807, 2.05) is 27.7 Å². The van der Waals surface area contributed by atoms with Crippen molar-refractivity contribution in [3.8, 4) is 0 Å². The smallest absolute Gasteiger partial charge is 0.248 e. The summed E-state index contributed by atoms with van der Waals surface area (Å²) in [6.45, 7) is 32.5. The van der Waals surface area contributed by atoms with Crippen molar-refractivity contribution in [2.24, 2.45) is 29.4 Å². The minimum Gasteiger partial charge on any atom is -0.394 e. The topological polar surface area (TPSA) is 444 Å². The molecule has 0 aromatic rings. The maximum Gasteiger partial charge on any atom is 0.248 e. The van der Waals surface area contributed by atoms with Crippen LogP contribution in [-0.2, 0) is 71.9 Å². The Morgan fingerprint density at radius 2 is 0.822 bits per heavy atom. The largest absolute Gasteiger partial charge is 0.394 e. The third-order valence-corrected chi connectivity index (χ3v) is 18.9. The molecular formula is C70H121N15O16. The molecule has 0 bridgehead atoms. The van der Waals surface area contributed by atoms with Gasteiger partial charge in [-0.05, 0) is 163 Å². The van der Waals surface area contributed by atoms with E-state index in [-0.39, 0.29) is 95.4 Å². The Bertz CT molecular complexity index is 3030. The molecular weight excluding hydrogens is 1310 g/mol. The van der Waals surface area contributed by atoms with Crippen LogP contribution in [0.1, 0.15) is 222 Å². The van der Waals surface area contributed by atoms with Gasteiger partial charge in [0, 0.05) is 33.0 Å². The monoisotopic (exact) mass is 1430 g/mol. The minimum atomic E-state index is -1.68. The zero-order valence-electron chi connectivity index (χ0n) is 63.5. The van der Waals surface area contributed by atoms with Crippen LogP contribution in [0.4, 0.5) is 0 Å². The molecule has 0 aromatic heterocycles. The molecule has 101 heavy (non-hydrogen) atoms. The second-order valence-corrected chi connectivity index (χ2v) is 31.2. The van der Waals surface area contributed by atoms with Crippen LogP contribution in [0, 0.1) is 23.7 Å². The molecule has 0 aromatic carbocycles. The summed E-state index contributed by atoms with van der Waals surface area (Å²) in [7, 11) is 0. The average Bonchev–Trinajstić information content (AvgIpc) is 1.73. The van der Waals surface area contributed by atoms with Crippen LogP contribution in [0.3, 0.4) is 0 Å². The SMILES string of the molecule is CC[C@@](C)(NC(C)=O)C(=O)N[C@@H](CCC(N)=O)C(=O)N[C@@H](CC(C)C)C(=O)NC(C)(C)C(=O)N1CCC[C@H]1C(=O)N[C@@H](C)C(=O)N[C@H](C(=O)NC(C)(C)C(=O)N1CCC[C@H]1C(=O)N[C@](C)(CC)C(=O)N[C@@H](CC(C)C)C(=O)NC(C)(C)C(=O)N1CCC[C@H]1C(=O)N[C@H](CO)CC(C)C)C(C)C. The summed E-state index contributed by atoms with van der Waals surface area (Å²) >= 11 is 0. The summed E-state index contributed by atoms with van der Waals surface area (Å²) in [4.78, 5) is 211. The van der Waals surface area contributed by atoms with Gasteiger partial charge >= 0.3 is 0 Å². The fourth-order valence-electron chi connectivity index (χ4n) is 12.7. The number of hydrogen-bond donors (Lipinski definition) is 13. The van der Waals surface area contributed by atoms with E-state index in [9.17, 15) is 77.0 Å². The number of nitrogens with two attached hydrogens (primary N) is 1. The zero-order chi connectivity index (χ0) is 77.2. The maximum absolute atomic E-state index is 14.5. The van der Waals surface area contributed by atoms with E-state index in [2.05, 4.69) is 58.5 Å². The lowest BCUT2D eigenvalue weighted by Crippen LogP contribution is -2.66. The number of amides is 15. The second kappa shape index (κ2) is 37.3. The Labute approximate surface area is 596 Å². The number of carbonyl (C=O) groups is 15. The van der Waals surface area contributed by atoms with E-state index in [0.717, 1.165) is 0 Å². The fraction of sp³-hybridized carbons (Fsp3) is 0.786. The van der Waals surface area contributed by atoms with Crippen LogP contribution >= 0.6 is 0 Å². The quantitative estimate of drug-likeness (QED) is 0.0396. The highest BCUT2D eigenvalue weighted by Crippen LogP contribution is 2.27. The average molecular weight is 1430 g/mol. The molecule has 572 valence electrons. The molecule has 15 amide bonds. The van der Waals surface area contributed by atoms with Crippen molar-refractivity contribution >= 4 is 88.6 Å². The van der Waals surface area contributed by atoms with Crippen LogP contribution in [-0.4, -0.2) is 217 Å². The standard InChI is InChI=1S/C70H121N15O16/c1-21-69(19,78-43(12)87)61(97)75-45(29-30-51(71)88)54(90)74-46(35-39(5)6)55(91)79-66(13,14)63(99)83-31-23-26-48(83)57(93)72-42(11)53(89)77-52(41(9)10)60(96)81-68(17,18)65(101)85-33-25-28-50(85)59(95)82-70(20,22-2)62(98)76-47(36-40(7)8)56(92)80-67(15,16)64(100)84-32-24-27-49(84)58(94)73-44(37-86)34-38(3)4/h38-42,44-50,52,86H,21-37H2,1-20H3,(H2,71,88)(H,72,93)(H,73,94)(H,74,90)(H,75,97)(H,76,98)(H,77,89)(H,78,87)(H,79,91)(H,80,92)(H,81,96)(H,82,95)/t42-,44-,45-,46-,47-,48-,49-,50-,52-,69+,70+/m0/s1. The van der Waals surface area contributed by atoms with E-state index in [0.29, 0.717) is 32.1 Å². The first-order valence-corrected chi connectivity index (χ1v) is 35.8. The highest BCUT2D eigenvalue weighted by atomic mass is 16.3. The molecule has 0 radical (unpaired) electrons. The van der Waals surface area contributed by atoms with Crippen LogP contribution in [0.2, 0.25) is 0 Å². The van der Waals surface area contributed by atoms with Gasteiger partial charge in [-0.2, -0.15) is 0 Å². The number of aliphatic hydroxyl groups is 1. The molecule has 0 spiro atoms. The summed E-state index contributed by atoms with van der Waals surface area (Å²) in [6, 6.07) is -9.82. The zero-order valence-corrected chi connectivity index (χ0v) is 63.5. The van der Waals surface area contributed by atoms with Crippen molar-refractivity contribution in [3.05, 3.63) is 0 Å². The van der Waals surface area contributed by atoms with E-state index >= 15 is 0 Å². The maximum atomic E-state index is 14.5. The van der Waals surface area contributed by atoms with Gasteiger partial charge in [0.15, 0.2) is 0 Å². The van der Waals surface area contributed by atoms with Gasteiger partial charge in [0.2, 0.25) is 88.6 Å². The Kier molecular flexibility index (Phi) is 32.2. The molecule has 3 saturated heterocycles. The second-order valence-electron chi connectivity index (χ2n) is 31.2. The van der Waals surface area contributed by atoms with Crippen LogP contribution < -0.4 is 64.2 Å². The highest BCUT2D eigenvalue weighted by Gasteiger charge is 2.49. The van der Waals surface area contributed by atoms with Crippen molar-refractivity contribution in [2.75, 3.05) is 26.2 Å². The normalized spacial score (nSPS) is 19.5. The summed E-state index contributed by atoms with van der Waals surface area (Å²) in [5.74, 6) is -10.7. The molecule has 0 unspecified atom stereocenters. The predicted octanol–water partition coefficient (Wildman–Crippen LogP) is 0.214. The van der Waals surface area contributed by atoms with Gasteiger partial charge in [0.1, 0.15) is 76.0 Å². The van der Waals surface area contributed by atoms with Crippen LogP contribution in [0.25, 0.3) is 0 Å². The Morgan fingerprint density at radius 1 is 0.446 bits per heavy atom. The van der Waals surface area contributed by atoms with E-state index in [4.69, 9.17) is 5.73 Å². The summed E-state index contributed by atoms with van der Waals surface area (Å²) in [5.41, 5.74) is -2.53.